The third kappa shape index (κ3) is 4.16. The van der Waals surface area contributed by atoms with Crippen molar-refractivity contribution >= 4 is 21.6 Å². The highest BCUT2D eigenvalue weighted by molar-refractivity contribution is 7.92. The van der Waals surface area contributed by atoms with Gasteiger partial charge in [0.2, 0.25) is 0 Å². The number of anilines is 1. The summed E-state index contributed by atoms with van der Waals surface area (Å²) in [4.78, 5) is 19.9. The van der Waals surface area contributed by atoms with E-state index in [4.69, 9.17) is 0 Å². The van der Waals surface area contributed by atoms with Crippen molar-refractivity contribution in [1.29, 1.82) is 0 Å². The molecule has 1 aromatic heterocycles. The van der Waals surface area contributed by atoms with Crippen molar-refractivity contribution in [3.8, 4) is 0 Å². The van der Waals surface area contributed by atoms with Gasteiger partial charge in [0.15, 0.2) is 9.84 Å². The normalized spacial score (nSPS) is 12.0. The average Bonchev–Trinajstić information content (AvgIpc) is 2.35. The fourth-order valence-corrected chi connectivity index (χ4v) is 1.59. The summed E-state index contributed by atoms with van der Waals surface area (Å²) in [5.74, 6) is 0.0523. The molecule has 0 aromatic carbocycles. The zero-order chi connectivity index (χ0) is 15.4. The van der Waals surface area contributed by atoms with Gasteiger partial charge in [0.25, 0.3) is 5.91 Å². The summed E-state index contributed by atoms with van der Waals surface area (Å²) in [6.45, 7) is 5.70. The molecule has 0 radical (unpaired) electrons. The minimum atomic E-state index is -3.26. The fourth-order valence-electron chi connectivity index (χ4n) is 1.26. The van der Waals surface area contributed by atoms with E-state index in [0.717, 1.165) is 6.26 Å². The maximum Gasteiger partial charge on any atom is 0.271 e. The molecular formula is C12H20N4O3S. The van der Waals surface area contributed by atoms with Crippen molar-refractivity contribution in [1.82, 2.24) is 15.3 Å². The lowest BCUT2D eigenvalue weighted by Gasteiger charge is -2.22. The zero-order valence-corrected chi connectivity index (χ0v) is 12.9. The Labute approximate surface area is 119 Å². The highest BCUT2D eigenvalue weighted by Gasteiger charge is 2.30. The van der Waals surface area contributed by atoms with Crippen molar-refractivity contribution in [3.63, 3.8) is 0 Å². The van der Waals surface area contributed by atoms with Crippen LogP contribution in [0.2, 0.25) is 0 Å². The standard InChI is InChI=1S/C12H20N4O3S/c1-5-14-10-7-13-6-9(16-10)11(17)15-8-12(2,3)20(4,18)19/h6-7H,5,8H2,1-4H3,(H,14,16)(H,15,17). The first-order chi connectivity index (χ1) is 9.17. The predicted octanol–water partition coefficient (Wildman–Crippen LogP) is 0.461. The molecule has 112 valence electrons. The molecule has 0 bridgehead atoms. The molecule has 0 aliphatic heterocycles. The van der Waals surface area contributed by atoms with Crippen LogP contribution in [-0.4, -0.2) is 48.4 Å². The summed E-state index contributed by atoms with van der Waals surface area (Å²) in [7, 11) is -3.26. The van der Waals surface area contributed by atoms with Crippen LogP contribution in [0.5, 0.6) is 0 Å². The Morgan fingerprint density at radius 3 is 2.55 bits per heavy atom. The number of carbonyl (C=O) groups excluding carboxylic acids is 1. The van der Waals surface area contributed by atoms with Gasteiger partial charge in [-0.1, -0.05) is 0 Å². The first-order valence-electron chi connectivity index (χ1n) is 6.21. The van der Waals surface area contributed by atoms with Crippen LogP contribution in [0, 0.1) is 0 Å². The van der Waals surface area contributed by atoms with Crippen LogP contribution in [0.4, 0.5) is 5.82 Å². The molecule has 1 rings (SSSR count). The van der Waals surface area contributed by atoms with Crippen molar-refractivity contribution < 1.29 is 13.2 Å². The van der Waals surface area contributed by atoms with Crippen molar-refractivity contribution in [2.75, 3.05) is 24.7 Å². The molecule has 0 aliphatic carbocycles. The molecule has 0 spiro atoms. The Hall–Kier alpha value is -1.70. The minimum Gasteiger partial charge on any atom is -0.369 e. The first-order valence-corrected chi connectivity index (χ1v) is 8.10. The highest BCUT2D eigenvalue weighted by Crippen LogP contribution is 2.13. The van der Waals surface area contributed by atoms with E-state index in [0.29, 0.717) is 12.4 Å². The van der Waals surface area contributed by atoms with Gasteiger partial charge in [0, 0.05) is 19.3 Å². The number of nitrogens with one attached hydrogen (secondary N) is 2. The topological polar surface area (TPSA) is 101 Å². The second-order valence-corrected chi connectivity index (χ2v) is 7.68. The maximum absolute atomic E-state index is 11.9. The molecule has 1 amide bonds. The van der Waals surface area contributed by atoms with Gasteiger partial charge in [-0.3, -0.25) is 9.78 Å². The molecule has 7 nitrogen and oxygen atoms in total. The number of amides is 1. The lowest BCUT2D eigenvalue weighted by molar-refractivity contribution is 0.0945. The lowest BCUT2D eigenvalue weighted by atomic mass is 10.2. The molecule has 0 fully saturated rings. The fraction of sp³-hybridized carbons (Fsp3) is 0.583. The van der Waals surface area contributed by atoms with Crippen LogP contribution in [0.3, 0.4) is 0 Å². The largest absolute Gasteiger partial charge is 0.369 e. The van der Waals surface area contributed by atoms with Gasteiger partial charge < -0.3 is 10.6 Å². The number of hydrogen-bond donors (Lipinski definition) is 2. The van der Waals surface area contributed by atoms with E-state index in [9.17, 15) is 13.2 Å². The van der Waals surface area contributed by atoms with E-state index in [1.807, 2.05) is 6.92 Å². The van der Waals surface area contributed by atoms with Crippen LogP contribution in [0.15, 0.2) is 12.4 Å². The molecule has 2 N–H and O–H groups in total. The highest BCUT2D eigenvalue weighted by atomic mass is 32.2. The van der Waals surface area contributed by atoms with E-state index in [2.05, 4.69) is 20.6 Å². The van der Waals surface area contributed by atoms with Gasteiger partial charge >= 0.3 is 0 Å². The monoisotopic (exact) mass is 300 g/mol. The molecule has 20 heavy (non-hydrogen) atoms. The number of nitrogens with zero attached hydrogens (tertiary/aromatic N) is 2. The number of rotatable bonds is 6. The van der Waals surface area contributed by atoms with Gasteiger partial charge in [-0.25, -0.2) is 13.4 Å². The molecule has 0 unspecified atom stereocenters. The molecule has 0 saturated heterocycles. The molecule has 1 aromatic rings. The molecule has 8 heteroatoms. The first kappa shape index (κ1) is 16.4. The Balaban J connectivity index is 2.75. The van der Waals surface area contributed by atoms with Crippen LogP contribution in [0.1, 0.15) is 31.3 Å². The van der Waals surface area contributed by atoms with Gasteiger partial charge in [-0.15, -0.1) is 0 Å². The predicted molar refractivity (Wildman–Crippen MR) is 77.5 cm³/mol. The SMILES string of the molecule is CCNc1cncc(C(=O)NCC(C)(C)S(C)(=O)=O)n1. The quantitative estimate of drug-likeness (QED) is 0.791. The molecular weight excluding hydrogens is 280 g/mol. The molecule has 0 saturated carbocycles. The summed E-state index contributed by atoms with van der Waals surface area (Å²) in [6, 6.07) is 0. The third-order valence-corrected chi connectivity index (χ3v) is 5.06. The van der Waals surface area contributed by atoms with E-state index in [1.165, 1.54) is 12.4 Å². The number of sulfone groups is 1. The van der Waals surface area contributed by atoms with E-state index in [-0.39, 0.29) is 12.2 Å². The van der Waals surface area contributed by atoms with Gasteiger partial charge in [0.05, 0.1) is 17.1 Å². The van der Waals surface area contributed by atoms with Crippen LogP contribution in [-0.2, 0) is 9.84 Å². The van der Waals surface area contributed by atoms with Crippen LogP contribution < -0.4 is 10.6 Å². The minimum absolute atomic E-state index is 0.0117. The molecule has 0 aliphatic rings. The summed E-state index contributed by atoms with van der Waals surface area (Å²) < 4.78 is 22.1. The maximum atomic E-state index is 11.9. The van der Waals surface area contributed by atoms with E-state index in [1.54, 1.807) is 13.8 Å². The Morgan fingerprint density at radius 1 is 1.35 bits per heavy atom. The van der Waals surface area contributed by atoms with Gasteiger partial charge in [0.1, 0.15) is 11.5 Å². The summed E-state index contributed by atoms with van der Waals surface area (Å²) in [6.07, 6.45) is 4.00. The van der Waals surface area contributed by atoms with Crippen molar-refractivity contribution in [3.05, 3.63) is 18.1 Å². The van der Waals surface area contributed by atoms with E-state index < -0.39 is 20.5 Å². The number of carbonyl (C=O) groups is 1. The third-order valence-electron chi connectivity index (χ3n) is 2.90. The summed E-state index contributed by atoms with van der Waals surface area (Å²) >= 11 is 0. The lowest BCUT2D eigenvalue weighted by Crippen LogP contribution is -2.44. The summed E-state index contributed by atoms with van der Waals surface area (Å²) in [5, 5.41) is 5.52. The van der Waals surface area contributed by atoms with Crippen LogP contribution >= 0.6 is 0 Å². The van der Waals surface area contributed by atoms with Crippen LogP contribution in [0.25, 0.3) is 0 Å². The zero-order valence-electron chi connectivity index (χ0n) is 12.1. The Morgan fingerprint density at radius 2 is 2.00 bits per heavy atom. The Kier molecular flexibility index (Phi) is 5.04. The smallest absolute Gasteiger partial charge is 0.271 e. The molecule has 1 heterocycles. The average molecular weight is 300 g/mol. The second-order valence-electron chi connectivity index (χ2n) is 5.03. The Bertz CT molecular complexity index is 584. The van der Waals surface area contributed by atoms with Crippen molar-refractivity contribution in [2.45, 2.75) is 25.5 Å². The van der Waals surface area contributed by atoms with Gasteiger partial charge in [-0.2, -0.15) is 0 Å². The second kappa shape index (κ2) is 6.17. The van der Waals surface area contributed by atoms with Crippen molar-refractivity contribution in [2.24, 2.45) is 0 Å². The summed E-state index contributed by atoms with van der Waals surface area (Å²) in [5.41, 5.74) is 0.146. The number of hydrogen-bond acceptors (Lipinski definition) is 6. The molecule has 0 atom stereocenters. The van der Waals surface area contributed by atoms with Gasteiger partial charge in [-0.05, 0) is 20.8 Å². The van der Waals surface area contributed by atoms with E-state index >= 15 is 0 Å². The number of aromatic nitrogens is 2.